The maximum atomic E-state index is 6.21. The maximum Gasteiger partial charge on any atom is 0.108 e. The van der Waals surface area contributed by atoms with Crippen molar-refractivity contribution >= 4 is 11.6 Å². The number of halogens is 1. The monoisotopic (exact) mass is 238 g/mol. The van der Waals surface area contributed by atoms with Crippen LogP contribution in [0.25, 0.3) is 0 Å². The Kier molecular flexibility index (Phi) is 3.01. The van der Waals surface area contributed by atoms with Gasteiger partial charge in [0.15, 0.2) is 0 Å². The van der Waals surface area contributed by atoms with Gasteiger partial charge >= 0.3 is 0 Å². The van der Waals surface area contributed by atoms with Crippen molar-refractivity contribution in [1.29, 1.82) is 0 Å². The van der Waals surface area contributed by atoms with Crippen molar-refractivity contribution in [3.8, 4) is 0 Å². The summed E-state index contributed by atoms with van der Waals surface area (Å²) in [6.07, 6.45) is 4.70. The van der Waals surface area contributed by atoms with Crippen LogP contribution in [0.1, 0.15) is 24.1 Å². The molecule has 86 valence electrons. The molecule has 2 rings (SSSR count). The summed E-state index contributed by atoms with van der Waals surface area (Å²) in [5.41, 5.74) is 1.89. The summed E-state index contributed by atoms with van der Waals surface area (Å²) in [4.78, 5) is 4.29. The van der Waals surface area contributed by atoms with E-state index in [1.165, 1.54) is 0 Å². The Hall–Kier alpha value is -1.29. The largest absolute Gasteiger partial charge is 0.329 e. The summed E-state index contributed by atoms with van der Waals surface area (Å²) in [6.45, 7) is 4.73. The van der Waals surface area contributed by atoms with Crippen LogP contribution in [0.4, 0.5) is 0 Å². The van der Waals surface area contributed by atoms with Gasteiger partial charge in [0.1, 0.15) is 5.82 Å². The van der Waals surface area contributed by atoms with Crippen LogP contribution in [-0.4, -0.2) is 19.3 Å². The molecule has 4 nitrogen and oxygen atoms in total. The molecule has 0 aliphatic rings. The van der Waals surface area contributed by atoms with E-state index < -0.39 is 0 Å². The Morgan fingerprint density at radius 3 is 2.75 bits per heavy atom. The first-order chi connectivity index (χ1) is 7.63. The molecule has 2 aromatic rings. The highest BCUT2D eigenvalue weighted by Gasteiger charge is 2.12. The van der Waals surface area contributed by atoms with Gasteiger partial charge in [-0.15, -0.1) is 0 Å². The molecule has 0 aromatic carbocycles. The van der Waals surface area contributed by atoms with Crippen molar-refractivity contribution in [2.75, 3.05) is 0 Å². The van der Waals surface area contributed by atoms with E-state index in [9.17, 15) is 0 Å². The Labute approximate surface area is 99.9 Å². The molecule has 0 saturated carbocycles. The zero-order valence-corrected chi connectivity index (χ0v) is 10.5. The van der Waals surface area contributed by atoms with Gasteiger partial charge in [-0.1, -0.05) is 18.5 Å². The second-order valence-corrected chi connectivity index (χ2v) is 4.17. The minimum Gasteiger partial charge on any atom is -0.329 e. The van der Waals surface area contributed by atoms with Crippen LogP contribution in [0.5, 0.6) is 0 Å². The molecule has 0 unspecified atom stereocenters. The van der Waals surface area contributed by atoms with E-state index >= 15 is 0 Å². The third-order valence-corrected chi connectivity index (χ3v) is 3.19. The lowest BCUT2D eigenvalue weighted by atomic mass is 10.3. The maximum absolute atomic E-state index is 6.21. The summed E-state index contributed by atoms with van der Waals surface area (Å²) in [6, 6.07) is 0. The molecule has 0 aliphatic heterocycles. The molecule has 0 saturated heterocycles. The van der Waals surface area contributed by atoms with E-state index in [1.807, 2.05) is 31.0 Å². The van der Waals surface area contributed by atoms with Gasteiger partial charge in [-0.2, -0.15) is 5.10 Å². The lowest BCUT2D eigenvalue weighted by molar-refractivity contribution is 0.645. The van der Waals surface area contributed by atoms with Gasteiger partial charge in [0.05, 0.1) is 23.0 Å². The number of hydrogen-bond acceptors (Lipinski definition) is 2. The lowest BCUT2D eigenvalue weighted by Gasteiger charge is -2.07. The molecule has 16 heavy (non-hydrogen) atoms. The fraction of sp³-hybridized carbons (Fsp3) is 0.455. The minimum absolute atomic E-state index is 0.722. The SMILES string of the molecule is CCc1nccn1Cc1c(Cl)c(C)nn1C. The van der Waals surface area contributed by atoms with Crippen molar-refractivity contribution in [1.82, 2.24) is 19.3 Å². The van der Waals surface area contributed by atoms with Gasteiger partial charge < -0.3 is 4.57 Å². The fourth-order valence-corrected chi connectivity index (χ4v) is 2.03. The van der Waals surface area contributed by atoms with Gasteiger partial charge in [0.25, 0.3) is 0 Å². The Bertz CT molecular complexity index is 498. The number of aryl methyl sites for hydroxylation is 3. The number of aromatic nitrogens is 4. The third-order valence-electron chi connectivity index (χ3n) is 2.70. The fourth-order valence-electron chi connectivity index (χ4n) is 1.81. The second-order valence-electron chi connectivity index (χ2n) is 3.79. The molecule has 0 atom stereocenters. The van der Waals surface area contributed by atoms with Crippen LogP contribution in [0.2, 0.25) is 5.02 Å². The first-order valence-corrected chi connectivity index (χ1v) is 5.69. The van der Waals surface area contributed by atoms with Crippen molar-refractivity contribution in [3.63, 3.8) is 0 Å². The van der Waals surface area contributed by atoms with E-state index in [1.54, 1.807) is 0 Å². The topological polar surface area (TPSA) is 35.6 Å². The van der Waals surface area contributed by atoms with Gasteiger partial charge in [-0.25, -0.2) is 4.98 Å². The Morgan fingerprint density at radius 2 is 2.19 bits per heavy atom. The highest BCUT2D eigenvalue weighted by atomic mass is 35.5. The summed E-state index contributed by atoms with van der Waals surface area (Å²) < 4.78 is 3.93. The summed E-state index contributed by atoms with van der Waals surface area (Å²) in [7, 11) is 1.91. The number of rotatable bonds is 3. The highest BCUT2D eigenvalue weighted by molar-refractivity contribution is 6.31. The van der Waals surface area contributed by atoms with Crippen molar-refractivity contribution in [2.45, 2.75) is 26.8 Å². The molecule has 5 heteroatoms. The summed E-state index contributed by atoms with van der Waals surface area (Å²) in [5.74, 6) is 1.06. The molecule has 0 spiro atoms. The van der Waals surface area contributed by atoms with E-state index in [-0.39, 0.29) is 0 Å². The highest BCUT2D eigenvalue weighted by Crippen LogP contribution is 2.20. The molecule has 0 N–H and O–H groups in total. The first-order valence-electron chi connectivity index (χ1n) is 5.31. The molecule has 2 heterocycles. The van der Waals surface area contributed by atoms with E-state index in [4.69, 9.17) is 11.6 Å². The van der Waals surface area contributed by atoms with Crippen LogP contribution in [0.15, 0.2) is 12.4 Å². The van der Waals surface area contributed by atoms with Crippen LogP contribution in [0, 0.1) is 6.92 Å². The van der Waals surface area contributed by atoms with Crippen molar-refractivity contribution < 1.29 is 0 Å². The Morgan fingerprint density at radius 1 is 1.44 bits per heavy atom. The van der Waals surface area contributed by atoms with Crippen LogP contribution in [-0.2, 0) is 20.0 Å². The molecule has 0 aliphatic carbocycles. The van der Waals surface area contributed by atoms with Crippen LogP contribution in [0.3, 0.4) is 0 Å². The number of nitrogens with zero attached hydrogens (tertiary/aromatic N) is 4. The molecule has 0 amide bonds. The predicted octanol–water partition coefficient (Wildman–Crippen LogP) is 2.19. The molecule has 0 bridgehead atoms. The van der Waals surface area contributed by atoms with E-state index in [0.29, 0.717) is 0 Å². The first kappa shape index (κ1) is 11.2. The average molecular weight is 239 g/mol. The van der Waals surface area contributed by atoms with Gasteiger partial charge in [-0.05, 0) is 6.92 Å². The third kappa shape index (κ3) is 1.85. The van der Waals surface area contributed by atoms with Crippen molar-refractivity contribution in [2.24, 2.45) is 7.05 Å². The van der Waals surface area contributed by atoms with Crippen LogP contribution >= 0.6 is 11.6 Å². The minimum atomic E-state index is 0.722. The molecule has 0 fully saturated rings. The smallest absolute Gasteiger partial charge is 0.108 e. The van der Waals surface area contributed by atoms with Gasteiger partial charge in [0.2, 0.25) is 0 Å². The molecular formula is C11H15ClN4. The predicted molar refractivity (Wildman–Crippen MR) is 63.7 cm³/mol. The van der Waals surface area contributed by atoms with Gasteiger partial charge in [0, 0.05) is 25.9 Å². The number of imidazole rings is 1. The number of hydrogen-bond donors (Lipinski definition) is 0. The van der Waals surface area contributed by atoms with Gasteiger partial charge in [-0.3, -0.25) is 4.68 Å². The molecule has 2 aromatic heterocycles. The zero-order valence-electron chi connectivity index (χ0n) is 9.74. The summed E-state index contributed by atoms with van der Waals surface area (Å²) in [5, 5.41) is 5.05. The standard InChI is InChI=1S/C11H15ClN4/c1-4-10-13-5-6-16(10)7-9-11(12)8(2)14-15(9)3/h5-6H,4,7H2,1-3H3. The lowest BCUT2D eigenvalue weighted by Crippen LogP contribution is -2.08. The van der Waals surface area contributed by atoms with E-state index in [0.717, 1.165) is 35.2 Å². The Balaban J connectivity index is 2.34. The molecular weight excluding hydrogens is 224 g/mol. The zero-order chi connectivity index (χ0) is 11.7. The normalized spacial score (nSPS) is 11.0. The average Bonchev–Trinajstić information content (AvgIpc) is 2.79. The van der Waals surface area contributed by atoms with E-state index in [2.05, 4.69) is 21.6 Å². The van der Waals surface area contributed by atoms with Crippen LogP contribution < -0.4 is 0 Å². The summed E-state index contributed by atoms with van der Waals surface area (Å²) >= 11 is 6.21. The second kappa shape index (κ2) is 4.29. The molecule has 0 radical (unpaired) electrons. The quantitative estimate of drug-likeness (QED) is 0.822. The van der Waals surface area contributed by atoms with Crippen molar-refractivity contribution in [3.05, 3.63) is 34.6 Å².